The van der Waals surface area contributed by atoms with Gasteiger partial charge in [-0.3, -0.25) is 4.79 Å². The van der Waals surface area contributed by atoms with E-state index in [1.54, 1.807) is 0 Å². The summed E-state index contributed by atoms with van der Waals surface area (Å²) in [6.07, 6.45) is 4.62. The fourth-order valence-corrected chi connectivity index (χ4v) is 4.23. The number of rotatable bonds is 5. The van der Waals surface area contributed by atoms with E-state index >= 15 is 0 Å². The molecule has 1 aliphatic carbocycles. The van der Waals surface area contributed by atoms with Crippen LogP contribution in [0.25, 0.3) is 11.5 Å². The highest BCUT2D eigenvalue weighted by atomic mass is 32.2. The molecule has 0 spiro atoms. The molecule has 1 fully saturated rings. The van der Waals surface area contributed by atoms with Gasteiger partial charge in [0.15, 0.2) is 0 Å². The van der Waals surface area contributed by atoms with E-state index in [9.17, 15) is 4.79 Å². The molecule has 2 aromatic rings. The Hall–Kier alpha value is -1.82. The van der Waals surface area contributed by atoms with E-state index in [0.717, 1.165) is 35.4 Å². The third-order valence-electron chi connectivity index (χ3n) is 5.12. The maximum Gasteiger partial charge on any atom is 0.277 e. The molecule has 1 amide bonds. The molecule has 0 atom stereocenters. The molecule has 0 saturated heterocycles. The topological polar surface area (TPSA) is 59.2 Å². The number of aromatic nitrogens is 2. The Kier molecular flexibility index (Phi) is 6.01. The van der Waals surface area contributed by atoms with Gasteiger partial charge < -0.3 is 9.32 Å². The second-order valence-corrected chi connectivity index (χ2v) is 8.38. The van der Waals surface area contributed by atoms with Crippen molar-refractivity contribution in [1.29, 1.82) is 0 Å². The minimum atomic E-state index is 0.126. The molecule has 1 aromatic heterocycles. The van der Waals surface area contributed by atoms with Crippen molar-refractivity contribution in [2.24, 2.45) is 5.92 Å². The predicted octanol–water partition coefficient (Wildman–Crippen LogP) is 4.48. The van der Waals surface area contributed by atoms with Crippen LogP contribution in [0.15, 0.2) is 27.8 Å². The van der Waals surface area contributed by atoms with Crippen molar-refractivity contribution >= 4 is 17.7 Å². The zero-order valence-corrected chi connectivity index (χ0v) is 16.8. The molecular weight excluding hydrogens is 346 g/mol. The van der Waals surface area contributed by atoms with Crippen LogP contribution in [-0.4, -0.2) is 39.8 Å². The molecule has 1 aliphatic rings. The summed E-state index contributed by atoms with van der Waals surface area (Å²) >= 11 is 1.31. The number of thioether (sulfide) groups is 1. The molecule has 5 nitrogen and oxygen atoms in total. The lowest BCUT2D eigenvalue weighted by atomic mass is 9.87. The minimum absolute atomic E-state index is 0.126. The Balaban J connectivity index is 1.56. The first-order valence-electron chi connectivity index (χ1n) is 9.23. The number of benzene rings is 1. The van der Waals surface area contributed by atoms with E-state index < -0.39 is 0 Å². The van der Waals surface area contributed by atoms with E-state index in [1.165, 1.54) is 24.6 Å². The van der Waals surface area contributed by atoms with Gasteiger partial charge >= 0.3 is 0 Å². The normalized spacial score (nSPS) is 20.2. The van der Waals surface area contributed by atoms with Crippen molar-refractivity contribution in [3.05, 3.63) is 29.3 Å². The molecule has 6 heteroatoms. The van der Waals surface area contributed by atoms with Gasteiger partial charge in [0.05, 0.1) is 5.75 Å². The van der Waals surface area contributed by atoms with Crippen LogP contribution in [0.5, 0.6) is 0 Å². The molecule has 3 rings (SSSR count). The maximum atomic E-state index is 12.5. The van der Waals surface area contributed by atoms with Crippen LogP contribution in [0.1, 0.15) is 43.7 Å². The van der Waals surface area contributed by atoms with Gasteiger partial charge in [-0.15, -0.1) is 10.2 Å². The van der Waals surface area contributed by atoms with Gasteiger partial charge in [-0.1, -0.05) is 35.9 Å². The summed E-state index contributed by atoms with van der Waals surface area (Å²) in [6.45, 7) is 6.38. The molecule has 0 radical (unpaired) electrons. The first-order valence-corrected chi connectivity index (χ1v) is 10.2. The highest BCUT2D eigenvalue weighted by Gasteiger charge is 2.25. The number of hydrogen-bond acceptors (Lipinski definition) is 5. The van der Waals surface area contributed by atoms with Gasteiger partial charge in [0.25, 0.3) is 5.22 Å². The SMILES string of the molecule is Cc1cc(C)cc(-c2nnc(SCC(=O)N(C)C3CCC(C)CC3)o2)c1. The van der Waals surface area contributed by atoms with Crippen LogP contribution in [-0.2, 0) is 4.79 Å². The lowest BCUT2D eigenvalue weighted by Crippen LogP contribution is -2.40. The molecule has 1 heterocycles. The summed E-state index contributed by atoms with van der Waals surface area (Å²) < 4.78 is 5.74. The van der Waals surface area contributed by atoms with Gasteiger partial charge in [-0.05, 0) is 57.6 Å². The fraction of sp³-hybridized carbons (Fsp3) is 0.550. The van der Waals surface area contributed by atoms with E-state index in [1.807, 2.05) is 37.9 Å². The summed E-state index contributed by atoms with van der Waals surface area (Å²) in [7, 11) is 1.91. The van der Waals surface area contributed by atoms with Crippen molar-refractivity contribution in [2.45, 2.75) is 57.7 Å². The number of nitrogens with zero attached hydrogens (tertiary/aromatic N) is 3. The highest BCUT2D eigenvalue weighted by Crippen LogP contribution is 2.28. The smallest absolute Gasteiger partial charge is 0.277 e. The average molecular weight is 374 g/mol. The number of hydrogen-bond donors (Lipinski definition) is 0. The minimum Gasteiger partial charge on any atom is -0.411 e. The number of carbonyl (C=O) groups is 1. The van der Waals surface area contributed by atoms with Crippen molar-refractivity contribution in [3.63, 3.8) is 0 Å². The maximum absolute atomic E-state index is 12.5. The van der Waals surface area contributed by atoms with Crippen LogP contribution >= 0.6 is 11.8 Å². The second-order valence-electron chi connectivity index (χ2n) is 7.46. The Morgan fingerprint density at radius 1 is 1.15 bits per heavy atom. The molecule has 0 unspecified atom stereocenters. The van der Waals surface area contributed by atoms with Gasteiger partial charge in [-0.25, -0.2) is 0 Å². The molecular formula is C20H27N3O2S. The molecule has 0 N–H and O–H groups in total. The Morgan fingerprint density at radius 2 is 1.81 bits per heavy atom. The third-order valence-corrected chi connectivity index (χ3v) is 5.92. The summed E-state index contributed by atoms with van der Waals surface area (Å²) in [6, 6.07) is 6.53. The van der Waals surface area contributed by atoms with Crippen LogP contribution in [0.2, 0.25) is 0 Å². The summed E-state index contributed by atoms with van der Waals surface area (Å²) in [5, 5.41) is 8.65. The molecule has 1 aromatic carbocycles. The van der Waals surface area contributed by atoms with E-state index in [4.69, 9.17) is 4.42 Å². The Labute approximate surface area is 159 Å². The first kappa shape index (κ1) is 19.0. The van der Waals surface area contributed by atoms with Crippen molar-refractivity contribution < 1.29 is 9.21 Å². The van der Waals surface area contributed by atoms with E-state index in [-0.39, 0.29) is 5.91 Å². The number of carbonyl (C=O) groups excluding carboxylic acids is 1. The first-order chi connectivity index (χ1) is 12.4. The largest absolute Gasteiger partial charge is 0.411 e. The molecule has 26 heavy (non-hydrogen) atoms. The lowest BCUT2D eigenvalue weighted by Gasteiger charge is -2.33. The second kappa shape index (κ2) is 8.25. The van der Waals surface area contributed by atoms with Gasteiger partial charge in [0.1, 0.15) is 0 Å². The predicted molar refractivity (Wildman–Crippen MR) is 104 cm³/mol. The molecule has 1 saturated carbocycles. The Morgan fingerprint density at radius 3 is 2.46 bits per heavy atom. The van der Waals surface area contributed by atoms with Crippen molar-refractivity contribution in [2.75, 3.05) is 12.8 Å². The molecule has 0 aliphatic heterocycles. The summed E-state index contributed by atoms with van der Waals surface area (Å²) in [5.74, 6) is 1.74. The van der Waals surface area contributed by atoms with Gasteiger partial charge in [-0.2, -0.15) is 0 Å². The quantitative estimate of drug-likeness (QED) is 0.723. The van der Waals surface area contributed by atoms with Crippen molar-refractivity contribution in [1.82, 2.24) is 15.1 Å². The zero-order chi connectivity index (χ0) is 18.7. The summed E-state index contributed by atoms with van der Waals surface area (Å²) in [4.78, 5) is 14.4. The van der Waals surface area contributed by atoms with E-state index in [0.29, 0.717) is 22.9 Å². The fourth-order valence-electron chi connectivity index (χ4n) is 3.54. The highest BCUT2D eigenvalue weighted by molar-refractivity contribution is 7.99. The van der Waals surface area contributed by atoms with Gasteiger partial charge in [0, 0.05) is 18.7 Å². The Bertz CT molecular complexity index is 746. The van der Waals surface area contributed by atoms with Crippen LogP contribution < -0.4 is 0 Å². The monoisotopic (exact) mass is 373 g/mol. The van der Waals surface area contributed by atoms with E-state index in [2.05, 4.69) is 23.2 Å². The zero-order valence-electron chi connectivity index (χ0n) is 16.0. The van der Waals surface area contributed by atoms with Crippen LogP contribution in [0.3, 0.4) is 0 Å². The van der Waals surface area contributed by atoms with Crippen LogP contribution in [0.4, 0.5) is 0 Å². The number of aryl methyl sites for hydroxylation is 2. The van der Waals surface area contributed by atoms with Crippen LogP contribution in [0, 0.1) is 19.8 Å². The standard InChI is InChI=1S/C20H27N3O2S/c1-13-5-7-17(8-6-13)23(4)18(24)12-26-20-22-21-19(25-20)16-10-14(2)9-15(3)11-16/h9-11,13,17H,5-8,12H2,1-4H3. The van der Waals surface area contributed by atoms with Gasteiger partial charge in [0.2, 0.25) is 11.8 Å². The molecule has 140 valence electrons. The number of amides is 1. The lowest BCUT2D eigenvalue weighted by molar-refractivity contribution is -0.129. The van der Waals surface area contributed by atoms with Crippen molar-refractivity contribution in [3.8, 4) is 11.5 Å². The summed E-state index contributed by atoms with van der Waals surface area (Å²) in [5.41, 5.74) is 3.23. The average Bonchev–Trinajstić information content (AvgIpc) is 3.08. The molecule has 0 bridgehead atoms. The third kappa shape index (κ3) is 4.67.